The van der Waals surface area contributed by atoms with Crippen LogP contribution in [0.1, 0.15) is 21.5 Å². The molecule has 1 amide bonds. The molecular formula is C22H17IN2O3. The van der Waals surface area contributed by atoms with Gasteiger partial charge in [0.15, 0.2) is 5.58 Å². The lowest BCUT2D eigenvalue weighted by Crippen LogP contribution is -2.11. The molecule has 0 aliphatic carbocycles. The first-order valence-electron chi connectivity index (χ1n) is 8.69. The lowest BCUT2D eigenvalue weighted by Gasteiger charge is -2.08. The fourth-order valence-electron chi connectivity index (χ4n) is 3.08. The number of phenolic OH excluding ortho intramolecular Hbond substituents is 1. The molecular weight excluding hydrogens is 467 g/mol. The van der Waals surface area contributed by atoms with Gasteiger partial charge in [-0.3, -0.25) is 4.79 Å². The normalized spacial score (nSPS) is 11.0. The number of oxazole rings is 1. The van der Waals surface area contributed by atoms with Crippen LogP contribution in [-0.2, 0) is 0 Å². The van der Waals surface area contributed by atoms with Crippen molar-refractivity contribution in [1.29, 1.82) is 0 Å². The van der Waals surface area contributed by atoms with E-state index in [0.717, 1.165) is 20.2 Å². The molecule has 0 saturated heterocycles. The van der Waals surface area contributed by atoms with E-state index in [2.05, 4.69) is 32.9 Å². The zero-order valence-electron chi connectivity index (χ0n) is 15.3. The van der Waals surface area contributed by atoms with Gasteiger partial charge in [-0.15, -0.1) is 0 Å². The van der Waals surface area contributed by atoms with Crippen LogP contribution in [0.3, 0.4) is 0 Å². The summed E-state index contributed by atoms with van der Waals surface area (Å²) in [5.74, 6) is 0.122. The standard InChI is InChI=1S/C22H17IN2O3/c1-12-9-13(2)20-18(10-12)25-22(28-20)17-11-16(7-8-19(17)26)24-21(27)14-3-5-15(23)6-4-14/h3-11,26H,1-2H3,(H,24,27). The summed E-state index contributed by atoms with van der Waals surface area (Å²) in [4.78, 5) is 17.0. The highest BCUT2D eigenvalue weighted by atomic mass is 127. The van der Waals surface area contributed by atoms with Gasteiger partial charge in [-0.1, -0.05) is 6.07 Å². The monoisotopic (exact) mass is 484 g/mol. The Labute approximate surface area is 175 Å². The molecule has 3 aromatic carbocycles. The van der Waals surface area contributed by atoms with Crippen molar-refractivity contribution in [3.63, 3.8) is 0 Å². The number of hydrogen-bond donors (Lipinski definition) is 2. The molecule has 0 fully saturated rings. The predicted octanol–water partition coefficient (Wildman–Crippen LogP) is 5.67. The summed E-state index contributed by atoms with van der Waals surface area (Å²) in [7, 11) is 0. The van der Waals surface area contributed by atoms with E-state index in [1.54, 1.807) is 24.3 Å². The number of nitrogens with one attached hydrogen (secondary N) is 1. The number of nitrogens with zero attached hydrogens (tertiary/aromatic N) is 1. The first-order chi connectivity index (χ1) is 13.4. The molecule has 6 heteroatoms. The van der Waals surface area contributed by atoms with Gasteiger partial charge in [-0.2, -0.15) is 0 Å². The topological polar surface area (TPSA) is 75.4 Å². The predicted molar refractivity (Wildman–Crippen MR) is 118 cm³/mol. The summed E-state index contributed by atoms with van der Waals surface area (Å²) in [5, 5.41) is 13.2. The molecule has 0 radical (unpaired) electrons. The lowest BCUT2D eigenvalue weighted by molar-refractivity contribution is 0.102. The van der Waals surface area contributed by atoms with Crippen LogP contribution in [-0.4, -0.2) is 16.0 Å². The number of halogens is 1. The largest absolute Gasteiger partial charge is 0.507 e. The second-order valence-corrected chi connectivity index (χ2v) is 7.89. The third-order valence-electron chi connectivity index (χ3n) is 4.41. The smallest absolute Gasteiger partial charge is 0.255 e. The SMILES string of the molecule is Cc1cc(C)c2oc(-c3cc(NC(=O)c4ccc(I)cc4)ccc3O)nc2c1. The van der Waals surface area contributed by atoms with Crippen molar-refractivity contribution in [2.75, 3.05) is 5.32 Å². The third kappa shape index (κ3) is 3.60. The van der Waals surface area contributed by atoms with E-state index < -0.39 is 0 Å². The Morgan fingerprint density at radius 3 is 2.57 bits per heavy atom. The Balaban J connectivity index is 1.68. The van der Waals surface area contributed by atoms with Gasteiger partial charge in [0.25, 0.3) is 5.91 Å². The van der Waals surface area contributed by atoms with E-state index in [1.165, 1.54) is 6.07 Å². The lowest BCUT2D eigenvalue weighted by atomic mass is 10.1. The number of carbonyl (C=O) groups is 1. The van der Waals surface area contributed by atoms with Gasteiger partial charge in [0, 0.05) is 14.8 Å². The zero-order chi connectivity index (χ0) is 19.8. The number of amides is 1. The number of benzene rings is 3. The summed E-state index contributed by atoms with van der Waals surface area (Å²) < 4.78 is 6.95. The number of hydrogen-bond acceptors (Lipinski definition) is 4. The molecule has 0 spiro atoms. The van der Waals surface area contributed by atoms with Gasteiger partial charge in [0.1, 0.15) is 11.3 Å². The second kappa shape index (κ2) is 7.27. The van der Waals surface area contributed by atoms with E-state index >= 15 is 0 Å². The number of rotatable bonds is 3. The Kier molecular flexibility index (Phi) is 4.80. The van der Waals surface area contributed by atoms with E-state index in [9.17, 15) is 9.90 Å². The number of aromatic nitrogens is 1. The van der Waals surface area contributed by atoms with Gasteiger partial charge < -0.3 is 14.8 Å². The van der Waals surface area contributed by atoms with Crippen LogP contribution in [0.15, 0.2) is 59.0 Å². The summed E-state index contributed by atoms with van der Waals surface area (Å²) in [6, 6.07) is 16.1. The second-order valence-electron chi connectivity index (χ2n) is 6.64. The third-order valence-corrected chi connectivity index (χ3v) is 5.13. The van der Waals surface area contributed by atoms with Crippen molar-refractivity contribution < 1.29 is 14.3 Å². The number of aromatic hydroxyl groups is 1. The average molecular weight is 484 g/mol. The summed E-state index contributed by atoms with van der Waals surface area (Å²) in [5.41, 5.74) is 5.03. The van der Waals surface area contributed by atoms with Crippen LogP contribution in [0.4, 0.5) is 5.69 Å². The van der Waals surface area contributed by atoms with Crippen LogP contribution in [0.2, 0.25) is 0 Å². The highest BCUT2D eigenvalue weighted by molar-refractivity contribution is 14.1. The molecule has 0 aliphatic heterocycles. The Bertz CT molecular complexity index is 1200. The van der Waals surface area contributed by atoms with Gasteiger partial charge in [-0.05, 0) is 96.1 Å². The number of phenols is 1. The average Bonchev–Trinajstić information content (AvgIpc) is 3.08. The molecule has 0 saturated carbocycles. The van der Waals surface area contributed by atoms with E-state index in [0.29, 0.717) is 28.3 Å². The molecule has 4 rings (SSSR count). The number of aryl methyl sites for hydroxylation is 2. The van der Waals surface area contributed by atoms with Gasteiger partial charge in [0.2, 0.25) is 5.89 Å². The van der Waals surface area contributed by atoms with Gasteiger partial charge in [-0.25, -0.2) is 4.98 Å². The molecule has 1 heterocycles. The van der Waals surface area contributed by atoms with Crippen molar-refractivity contribution in [3.05, 3.63) is 74.9 Å². The maximum absolute atomic E-state index is 12.5. The minimum absolute atomic E-state index is 0.0354. The van der Waals surface area contributed by atoms with E-state index in [4.69, 9.17) is 4.42 Å². The molecule has 0 aliphatic rings. The Morgan fingerprint density at radius 2 is 1.82 bits per heavy atom. The van der Waals surface area contributed by atoms with Crippen LogP contribution in [0.5, 0.6) is 5.75 Å². The van der Waals surface area contributed by atoms with Gasteiger partial charge in [0.05, 0.1) is 5.56 Å². The highest BCUT2D eigenvalue weighted by Crippen LogP contribution is 2.34. The van der Waals surface area contributed by atoms with Crippen LogP contribution < -0.4 is 5.32 Å². The fraction of sp³-hybridized carbons (Fsp3) is 0.0909. The first-order valence-corrected chi connectivity index (χ1v) is 9.77. The Morgan fingerprint density at radius 1 is 1.07 bits per heavy atom. The molecule has 28 heavy (non-hydrogen) atoms. The van der Waals surface area contributed by atoms with Crippen molar-refractivity contribution in [3.8, 4) is 17.2 Å². The van der Waals surface area contributed by atoms with Crippen LogP contribution in [0, 0.1) is 17.4 Å². The van der Waals surface area contributed by atoms with Crippen molar-refractivity contribution in [2.24, 2.45) is 0 Å². The minimum Gasteiger partial charge on any atom is -0.507 e. The minimum atomic E-state index is -0.225. The molecule has 5 nitrogen and oxygen atoms in total. The quantitative estimate of drug-likeness (QED) is 0.290. The molecule has 2 N–H and O–H groups in total. The highest BCUT2D eigenvalue weighted by Gasteiger charge is 2.16. The maximum Gasteiger partial charge on any atom is 0.255 e. The van der Waals surface area contributed by atoms with Crippen LogP contribution in [0.25, 0.3) is 22.6 Å². The molecule has 0 bridgehead atoms. The number of carbonyl (C=O) groups excluding carboxylic acids is 1. The fourth-order valence-corrected chi connectivity index (χ4v) is 3.44. The molecule has 0 atom stereocenters. The summed E-state index contributed by atoms with van der Waals surface area (Å²) >= 11 is 2.19. The summed E-state index contributed by atoms with van der Waals surface area (Å²) in [6.45, 7) is 3.96. The number of fused-ring (bicyclic) bond motifs is 1. The van der Waals surface area contributed by atoms with Crippen molar-refractivity contribution in [2.45, 2.75) is 13.8 Å². The van der Waals surface area contributed by atoms with Gasteiger partial charge >= 0.3 is 0 Å². The van der Waals surface area contributed by atoms with E-state index in [-0.39, 0.29) is 11.7 Å². The van der Waals surface area contributed by atoms with E-state index in [1.807, 2.05) is 38.1 Å². The molecule has 0 unspecified atom stereocenters. The first kappa shape index (κ1) is 18.5. The number of anilines is 1. The molecule has 1 aromatic heterocycles. The molecule has 4 aromatic rings. The van der Waals surface area contributed by atoms with Crippen LogP contribution >= 0.6 is 22.6 Å². The summed E-state index contributed by atoms with van der Waals surface area (Å²) in [6.07, 6.45) is 0. The zero-order valence-corrected chi connectivity index (χ0v) is 17.4. The Hall–Kier alpha value is -2.87. The van der Waals surface area contributed by atoms with Crippen molar-refractivity contribution in [1.82, 2.24) is 4.98 Å². The molecule has 140 valence electrons. The maximum atomic E-state index is 12.5. The van der Waals surface area contributed by atoms with Crippen molar-refractivity contribution >= 4 is 45.3 Å².